The third-order valence-electron chi connectivity index (χ3n) is 4.99. The molecule has 4 rings (SSSR count). The topological polar surface area (TPSA) is 81.1 Å². The zero-order chi connectivity index (χ0) is 20.4. The van der Waals surface area contributed by atoms with Crippen LogP contribution in [-0.4, -0.2) is 33.1 Å². The number of aromatic nitrogens is 3. The molecule has 8 heteroatoms. The first-order valence-electron chi connectivity index (χ1n) is 9.48. The molecule has 0 bridgehead atoms. The van der Waals surface area contributed by atoms with E-state index in [-0.39, 0.29) is 11.9 Å². The predicted molar refractivity (Wildman–Crippen MR) is 114 cm³/mol. The lowest BCUT2D eigenvalue weighted by atomic mass is 10.0. The Kier molecular flexibility index (Phi) is 5.44. The molecule has 0 fully saturated rings. The number of thioether (sulfide) groups is 1. The molecule has 2 atom stereocenters. The number of fused-ring (bicyclic) bond motifs is 1. The second-order valence-corrected chi connectivity index (χ2v) is 7.89. The summed E-state index contributed by atoms with van der Waals surface area (Å²) in [4.78, 5) is 13.3. The molecule has 1 aliphatic rings. The molecule has 2 heterocycles. The van der Waals surface area contributed by atoms with Crippen LogP contribution in [0.4, 0.5) is 5.69 Å². The first-order valence-corrected chi connectivity index (χ1v) is 10.4. The highest BCUT2D eigenvalue weighted by molar-refractivity contribution is 8.00. The molecule has 1 aliphatic heterocycles. The quantitative estimate of drug-likeness (QED) is 0.671. The SMILES string of the molecule is CCc1ccccc1NC(=O)[C@H]1Sc2nnc(C)n2N[C@@H]1c1ccc(OC)cc1. The number of amides is 1. The Bertz CT molecular complexity index is 1020. The molecule has 0 aliphatic carbocycles. The highest BCUT2D eigenvalue weighted by Crippen LogP contribution is 2.38. The molecule has 2 aromatic carbocycles. The van der Waals surface area contributed by atoms with Crippen molar-refractivity contribution >= 4 is 23.4 Å². The first kappa shape index (κ1) is 19.3. The van der Waals surface area contributed by atoms with E-state index >= 15 is 0 Å². The number of methoxy groups -OCH3 is 1. The number of carbonyl (C=O) groups excluding carboxylic acids is 1. The van der Waals surface area contributed by atoms with E-state index in [0.29, 0.717) is 5.16 Å². The maximum Gasteiger partial charge on any atom is 0.240 e. The van der Waals surface area contributed by atoms with Gasteiger partial charge in [0.1, 0.15) is 16.8 Å². The number of para-hydroxylation sites is 1. The van der Waals surface area contributed by atoms with Gasteiger partial charge in [-0.3, -0.25) is 4.79 Å². The minimum absolute atomic E-state index is 0.0730. The summed E-state index contributed by atoms with van der Waals surface area (Å²) in [6.45, 7) is 3.96. The summed E-state index contributed by atoms with van der Waals surface area (Å²) in [6, 6.07) is 15.4. The Morgan fingerprint density at radius 1 is 1.21 bits per heavy atom. The van der Waals surface area contributed by atoms with Crippen molar-refractivity contribution in [3.8, 4) is 5.75 Å². The molecule has 1 amide bonds. The molecule has 1 aromatic heterocycles. The monoisotopic (exact) mass is 409 g/mol. The van der Waals surface area contributed by atoms with Gasteiger partial charge in [-0.25, -0.2) is 4.68 Å². The minimum Gasteiger partial charge on any atom is -0.497 e. The van der Waals surface area contributed by atoms with Crippen molar-refractivity contribution in [3.05, 3.63) is 65.5 Å². The van der Waals surface area contributed by atoms with Gasteiger partial charge in [-0.1, -0.05) is 49.0 Å². The number of carbonyl (C=O) groups is 1. The average Bonchev–Trinajstić information content (AvgIpc) is 3.13. The maximum atomic E-state index is 13.3. The number of nitrogens with one attached hydrogen (secondary N) is 2. The number of anilines is 1. The second kappa shape index (κ2) is 8.16. The summed E-state index contributed by atoms with van der Waals surface area (Å²) in [7, 11) is 1.64. The van der Waals surface area contributed by atoms with Crippen molar-refractivity contribution in [2.24, 2.45) is 0 Å². The van der Waals surface area contributed by atoms with Crippen LogP contribution in [0.3, 0.4) is 0 Å². The molecule has 3 aromatic rings. The Labute approximate surface area is 173 Å². The van der Waals surface area contributed by atoms with Gasteiger partial charge in [0.2, 0.25) is 11.1 Å². The van der Waals surface area contributed by atoms with Crippen molar-refractivity contribution in [3.63, 3.8) is 0 Å². The lowest BCUT2D eigenvalue weighted by Gasteiger charge is -2.33. The van der Waals surface area contributed by atoms with Crippen molar-refractivity contribution in [2.45, 2.75) is 36.7 Å². The number of nitrogens with zero attached hydrogens (tertiary/aromatic N) is 3. The van der Waals surface area contributed by atoms with Gasteiger partial charge in [-0.15, -0.1) is 10.2 Å². The predicted octanol–water partition coefficient (Wildman–Crippen LogP) is 3.56. The maximum absolute atomic E-state index is 13.3. The van der Waals surface area contributed by atoms with Gasteiger partial charge in [0.05, 0.1) is 13.2 Å². The molecule has 0 saturated heterocycles. The van der Waals surface area contributed by atoms with Crippen molar-refractivity contribution in [2.75, 3.05) is 17.9 Å². The molecule has 7 nitrogen and oxygen atoms in total. The fourth-order valence-electron chi connectivity index (χ4n) is 3.38. The van der Waals surface area contributed by atoms with E-state index in [1.54, 1.807) is 7.11 Å². The first-order chi connectivity index (χ1) is 14.1. The second-order valence-electron chi connectivity index (χ2n) is 6.78. The normalized spacial score (nSPS) is 17.9. The summed E-state index contributed by atoms with van der Waals surface area (Å²) in [5.74, 6) is 1.45. The smallest absolute Gasteiger partial charge is 0.240 e. The number of benzene rings is 2. The lowest BCUT2D eigenvalue weighted by Crippen LogP contribution is -2.41. The molecule has 0 spiro atoms. The summed E-state index contributed by atoms with van der Waals surface area (Å²) in [5, 5.41) is 11.7. The van der Waals surface area contributed by atoms with E-state index in [2.05, 4.69) is 27.9 Å². The van der Waals surface area contributed by atoms with E-state index in [0.717, 1.165) is 34.8 Å². The van der Waals surface area contributed by atoms with Crippen LogP contribution < -0.4 is 15.5 Å². The van der Waals surface area contributed by atoms with E-state index in [1.165, 1.54) is 11.8 Å². The number of hydrogen-bond acceptors (Lipinski definition) is 6. The van der Waals surface area contributed by atoms with Crippen LogP contribution in [0.2, 0.25) is 0 Å². The minimum atomic E-state index is -0.413. The van der Waals surface area contributed by atoms with Crippen molar-refractivity contribution in [1.82, 2.24) is 14.9 Å². The van der Waals surface area contributed by atoms with Gasteiger partial charge in [0.15, 0.2) is 0 Å². The number of rotatable bonds is 5. The van der Waals surface area contributed by atoms with Crippen LogP contribution in [0, 0.1) is 6.92 Å². The zero-order valence-corrected chi connectivity index (χ0v) is 17.4. The average molecular weight is 410 g/mol. The fraction of sp³-hybridized carbons (Fsp3) is 0.286. The summed E-state index contributed by atoms with van der Waals surface area (Å²) in [5.41, 5.74) is 6.35. The van der Waals surface area contributed by atoms with Crippen LogP contribution >= 0.6 is 11.8 Å². The number of ether oxygens (including phenoxy) is 1. The molecular weight excluding hydrogens is 386 g/mol. The summed E-state index contributed by atoms with van der Waals surface area (Å²) in [6.07, 6.45) is 0.849. The summed E-state index contributed by atoms with van der Waals surface area (Å²) >= 11 is 1.42. The molecule has 0 radical (unpaired) electrons. The highest BCUT2D eigenvalue weighted by atomic mass is 32.2. The van der Waals surface area contributed by atoms with Crippen LogP contribution in [0.1, 0.15) is 29.9 Å². The number of aryl methyl sites for hydroxylation is 2. The van der Waals surface area contributed by atoms with Gasteiger partial charge in [-0.05, 0) is 42.7 Å². The summed E-state index contributed by atoms with van der Waals surface area (Å²) < 4.78 is 7.10. The van der Waals surface area contributed by atoms with E-state index in [4.69, 9.17) is 4.74 Å². The van der Waals surface area contributed by atoms with Gasteiger partial charge in [0, 0.05) is 5.69 Å². The van der Waals surface area contributed by atoms with E-state index < -0.39 is 5.25 Å². The highest BCUT2D eigenvalue weighted by Gasteiger charge is 2.37. The van der Waals surface area contributed by atoms with Crippen molar-refractivity contribution in [1.29, 1.82) is 0 Å². The Balaban J connectivity index is 1.66. The largest absolute Gasteiger partial charge is 0.497 e. The van der Waals surface area contributed by atoms with Gasteiger partial charge in [-0.2, -0.15) is 0 Å². The third-order valence-corrected chi connectivity index (χ3v) is 6.20. The van der Waals surface area contributed by atoms with Crippen LogP contribution in [0.5, 0.6) is 5.75 Å². The Morgan fingerprint density at radius 3 is 2.69 bits per heavy atom. The van der Waals surface area contributed by atoms with Crippen LogP contribution in [-0.2, 0) is 11.2 Å². The van der Waals surface area contributed by atoms with Gasteiger partial charge >= 0.3 is 0 Å². The Morgan fingerprint density at radius 2 is 1.97 bits per heavy atom. The third kappa shape index (κ3) is 3.80. The van der Waals surface area contributed by atoms with Gasteiger partial charge < -0.3 is 15.5 Å². The molecule has 150 valence electrons. The molecule has 2 N–H and O–H groups in total. The van der Waals surface area contributed by atoms with Crippen molar-refractivity contribution < 1.29 is 9.53 Å². The lowest BCUT2D eigenvalue weighted by molar-refractivity contribution is -0.116. The van der Waals surface area contributed by atoms with E-state index in [1.807, 2.05) is 60.1 Å². The molecular formula is C21H23N5O2S. The molecule has 29 heavy (non-hydrogen) atoms. The Hall–Kier alpha value is -3.00. The standard InChI is InChI=1S/C21H23N5O2S/c1-4-14-7-5-6-8-17(14)22-20(27)19-18(15-9-11-16(28-3)12-10-15)25-26-13(2)23-24-21(26)29-19/h5-12,18-19,25H,4H2,1-3H3,(H,22,27)/t18-,19+/m1/s1. The molecule has 0 unspecified atom stereocenters. The van der Waals surface area contributed by atoms with E-state index in [9.17, 15) is 4.79 Å². The zero-order valence-electron chi connectivity index (χ0n) is 16.5. The fourth-order valence-corrected chi connectivity index (χ4v) is 4.50. The molecule has 0 saturated carbocycles. The number of hydrogen-bond donors (Lipinski definition) is 2. The van der Waals surface area contributed by atoms with Gasteiger partial charge in [0.25, 0.3) is 0 Å². The van der Waals surface area contributed by atoms with Crippen LogP contribution in [0.25, 0.3) is 0 Å². The van der Waals surface area contributed by atoms with Crippen LogP contribution in [0.15, 0.2) is 53.7 Å².